The van der Waals surface area contributed by atoms with Crippen molar-refractivity contribution in [2.75, 3.05) is 0 Å². The van der Waals surface area contributed by atoms with Crippen LogP contribution in [0.15, 0.2) is 85.2 Å². The number of pyridine rings is 2. The predicted molar refractivity (Wildman–Crippen MR) is 83.6 cm³/mol. The number of fused-ring (bicyclic) bond motifs is 2. The van der Waals surface area contributed by atoms with E-state index in [1.54, 1.807) is 0 Å². The van der Waals surface area contributed by atoms with Gasteiger partial charge in [0.05, 0.1) is 0 Å². The zero-order chi connectivity index (χ0) is 14.1. The highest BCUT2D eigenvalue weighted by atomic mass is 35.5. The van der Waals surface area contributed by atoms with Crippen LogP contribution in [0.3, 0.4) is 0 Å². The molecular weight excluding hydrogens is 294 g/mol. The number of benzene rings is 2. The Morgan fingerprint density at radius 3 is 2.27 bits per heavy atom. The fourth-order valence-corrected chi connectivity index (χ4v) is 2.53. The van der Waals surface area contributed by atoms with Gasteiger partial charge in [-0.3, -0.25) is 0 Å². The smallest absolute Gasteiger partial charge is 0.254 e. The Morgan fingerprint density at radius 1 is 0.727 bits per heavy atom. The first kappa shape index (κ1) is 14.4. The van der Waals surface area contributed by atoms with Crippen LogP contribution in [0, 0.1) is 0 Å². The normalized spacial score (nSPS) is 10.4. The zero-order valence-corrected chi connectivity index (χ0v) is 12.6. The number of nitrogens with zero attached hydrogens (tertiary/aromatic N) is 1. The lowest BCUT2D eigenvalue weighted by Gasteiger charge is -2.05. The summed E-state index contributed by atoms with van der Waals surface area (Å²) >= 11 is 0. The summed E-state index contributed by atoms with van der Waals surface area (Å²) in [5.74, 6) is 1.70. The third-order valence-electron chi connectivity index (χ3n) is 3.56. The standard InChI is InChI=1S/C19H14NO.ClH/c1-2-9-17(10-3-1)21-19-11-6-12-20-14-16-8-5-4-7-15(16)13-18(19)20;/h1-14H;1H/q+1;/p-1. The third-order valence-corrected chi connectivity index (χ3v) is 3.56. The van der Waals surface area contributed by atoms with Gasteiger partial charge in [-0.15, -0.1) is 0 Å². The van der Waals surface area contributed by atoms with Crippen LogP contribution in [0.5, 0.6) is 11.5 Å². The first-order chi connectivity index (χ1) is 10.4. The van der Waals surface area contributed by atoms with Gasteiger partial charge in [0, 0.05) is 17.5 Å². The van der Waals surface area contributed by atoms with Crippen molar-refractivity contribution in [3.05, 3.63) is 85.2 Å². The molecule has 2 nitrogen and oxygen atoms in total. The summed E-state index contributed by atoms with van der Waals surface area (Å²) in [6.07, 6.45) is 4.17. The Balaban J connectivity index is 0.00000144. The molecule has 0 unspecified atom stereocenters. The maximum absolute atomic E-state index is 6.02. The Hall–Kier alpha value is -2.58. The van der Waals surface area contributed by atoms with Crippen molar-refractivity contribution in [3.63, 3.8) is 0 Å². The van der Waals surface area contributed by atoms with Gasteiger partial charge in [0.25, 0.3) is 5.52 Å². The Kier molecular flexibility index (Phi) is 3.94. The molecule has 2 aromatic carbocycles. The lowest BCUT2D eigenvalue weighted by atomic mass is 10.1. The molecular formula is C19H14ClNO. The maximum Gasteiger partial charge on any atom is 0.254 e. The molecule has 2 aromatic heterocycles. The van der Waals surface area contributed by atoms with E-state index in [9.17, 15) is 0 Å². The van der Waals surface area contributed by atoms with E-state index in [4.69, 9.17) is 4.74 Å². The van der Waals surface area contributed by atoms with Gasteiger partial charge in [0.15, 0.2) is 18.1 Å². The molecule has 4 rings (SSSR count). The van der Waals surface area contributed by atoms with Crippen LogP contribution in [0.2, 0.25) is 0 Å². The summed E-state index contributed by atoms with van der Waals surface area (Å²) in [5.41, 5.74) is 1.06. The summed E-state index contributed by atoms with van der Waals surface area (Å²) < 4.78 is 8.12. The second-order valence-corrected chi connectivity index (χ2v) is 4.98. The molecule has 0 saturated heterocycles. The molecule has 0 bridgehead atoms. The molecule has 0 fully saturated rings. The minimum atomic E-state index is 0. The van der Waals surface area contributed by atoms with Crippen LogP contribution in [0.4, 0.5) is 0 Å². The van der Waals surface area contributed by atoms with Gasteiger partial charge in [0.1, 0.15) is 5.75 Å². The topological polar surface area (TPSA) is 13.3 Å². The lowest BCUT2D eigenvalue weighted by Crippen LogP contribution is -3.00. The van der Waals surface area contributed by atoms with Gasteiger partial charge < -0.3 is 17.1 Å². The average molecular weight is 308 g/mol. The molecule has 4 aromatic rings. The van der Waals surface area contributed by atoms with Crippen molar-refractivity contribution in [2.24, 2.45) is 0 Å². The van der Waals surface area contributed by atoms with Crippen molar-refractivity contribution in [1.29, 1.82) is 0 Å². The molecule has 0 aliphatic heterocycles. The fraction of sp³-hybridized carbons (Fsp3) is 0. The summed E-state index contributed by atoms with van der Waals surface area (Å²) in [6.45, 7) is 0. The second kappa shape index (κ2) is 6.04. The van der Waals surface area contributed by atoms with E-state index < -0.39 is 0 Å². The minimum Gasteiger partial charge on any atom is -1.00 e. The average Bonchev–Trinajstić information content (AvgIpc) is 2.54. The number of aromatic nitrogens is 1. The van der Waals surface area contributed by atoms with Crippen LogP contribution in [-0.4, -0.2) is 0 Å². The highest BCUT2D eigenvalue weighted by Gasteiger charge is 2.11. The fourth-order valence-electron chi connectivity index (χ4n) is 2.53. The van der Waals surface area contributed by atoms with E-state index in [2.05, 4.69) is 40.9 Å². The number of para-hydroxylation sites is 1. The molecule has 0 spiro atoms. The first-order valence-corrected chi connectivity index (χ1v) is 6.96. The van der Waals surface area contributed by atoms with E-state index >= 15 is 0 Å². The molecule has 0 radical (unpaired) electrons. The first-order valence-electron chi connectivity index (χ1n) is 6.96. The Morgan fingerprint density at radius 2 is 1.45 bits per heavy atom. The van der Waals surface area contributed by atoms with Gasteiger partial charge in [-0.1, -0.05) is 36.4 Å². The van der Waals surface area contributed by atoms with Crippen LogP contribution in [-0.2, 0) is 0 Å². The number of rotatable bonds is 2. The molecule has 0 aliphatic rings. The molecule has 0 amide bonds. The number of hydrogen-bond acceptors (Lipinski definition) is 1. The molecule has 3 heteroatoms. The Labute approximate surface area is 135 Å². The molecule has 0 aliphatic carbocycles. The van der Waals surface area contributed by atoms with Crippen molar-refractivity contribution < 1.29 is 21.5 Å². The zero-order valence-electron chi connectivity index (χ0n) is 11.8. The van der Waals surface area contributed by atoms with Crippen LogP contribution in [0.25, 0.3) is 16.3 Å². The van der Waals surface area contributed by atoms with Gasteiger partial charge in [0.2, 0.25) is 0 Å². The van der Waals surface area contributed by atoms with E-state index in [1.807, 2.05) is 48.7 Å². The third kappa shape index (κ3) is 2.61. The molecule has 0 atom stereocenters. The van der Waals surface area contributed by atoms with Gasteiger partial charge in [-0.05, 0) is 29.7 Å². The highest BCUT2D eigenvalue weighted by Crippen LogP contribution is 2.25. The van der Waals surface area contributed by atoms with E-state index in [0.29, 0.717) is 0 Å². The van der Waals surface area contributed by atoms with Crippen LogP contribution in [0.1, 0.15) is 0 Å². The van der Waals surface area contributed by atoms with E-state index in [0.717, 1.165) is 17.0 Å². The van der Waals surface area contributed by atoms with Crippen LogP contribution < -0.4 is 21.5 Å². The van der Waals surface area contributed by atoms with Crippen LogP contribution >= 0.6 is 0 Å². The maximum atomic E-state index is 6.02. The minimum absolute atomic E-state index is 0. The quantitative estimate of drug-likeness (QED) is 0.403. The number of ether oxygens (including phenoxy) is 1. The SMILES string of the molecule is [Cl-].c1ccc(Oc2ccc[n+]3cc4ccccc4cc23)cc1. The van der Waals surface area contributed by atoms with Gasteiger partial charge in [-0.2, -0.15) is 4.40 Å². The number of hydrogen-bond donors (Lipinski definition) is 0. The van der Waals surface area contributed by atoms with E-state index in [-0.39, 0.29) is 12.4 Å². The van der Waals surface area contributed by atoms with Gasteiger partial charge >= 0.3 is 0 Å². The summed E-state index contributed by atoms with van der Waals surface area (Å²) in [5, 5.41) is 2.42. The number of halogens is 1. The second-order valence-electron chi connectivity index (χ2n) is 4.98. The van der Waals surface area contributed by atoms with Crippen molar-refractivity contribution >= 4 is 16.3 Å². The largest absolute Gasteiger partial charge is 1.00 e. The van der Waals surface area contributed by atoms with Gasteiger partial charge in [-0.25, -0.2) is 0 Å². The summed E-state index contributed by atoms with van der Waals surface area (Å²) in [4.78, 5) is 0. The monoisotopic (exact) mass is 307 g/mol. The van der Waals surface area contributed by atoms with Crippen molar-refractivity contribution in [2.45, 2.75) is 0 Å². The summed E-state index contributed by atoms with van der Waals surface area (Å²) in [6, 6.07) is 24.4. The molecule has 2 heterocycles. The van der Waals surface area contributed by atoms with E-state index in [1.165, 1.54) is 10.8 Å². The van der Waals surface area contributed by atoms with Crippen molar-refractivity contribution in [1.82, 2.24) is 0 Å². The molecule has 0 N–H and O–H groups in total. The molecule has 22 heavy (non-hydrogen) atoms. The lowest BCUT2D eigenvalue weighted by molar-refractivity contribution is -0.510. The molecule has 0 saturated carbocycles. The highest BCUT2D eigenvalue weighted by molar-refractivity contribution is 5.84. The Bertz CT molecular complexity index is 922. The predicted octanol–water partition coefficient (Wildman–Crippen LogP) is 1.37. The summed E-state index contributed by atoms with van der Waals surface area (Å²) in [7, 11) is 0. The van der Waals surface area contributed by atoms with Crippen molar-refractivity contribution in [3.8, 4) is 11.5 Å². The molecule has 108 valence electrons.